The van der Waals surface area contributed by atoms with Gasteiger partial charge in [0.15, 0.2) is 36.5 Å². The van der Waals surface area contributed by atoms with Crippen molar-refractivity contribution in [1.82, 2.24) is 0 Å². The van der Waals surface area contributed by atoms with Crippen molar-refractivity contribution in [3.8, 4) is 0 Å². The minimum absolute atomic E-state index is 0.00101. The number of hydrogen-bond donors (Lipinski definition) is 2. The van der Waals surface area contributed by atoms with Crippen LogP contribution in [0.3, 0.4) is 0 Å². The van der Waals surface area contributed by atoms with Crippen LogP contribution in [-0.4, -0.2) is 254 Å². The molecular weight excluding hydrogens is 1950 g/mol. The van der Waals surface area contributed by atoms with Gasteiger partial charge in [-0.2, -0.15) is 36.0 Å². The number of allylic oxidation sites excluding steroid dienone is 1. The quantitative estimate of drug-likeness (QED) is 0.0360. The number of carbonyl (C=O) groups excluding carboxylic acids is 5. The predicted molar refractivity (Wildman–Crippen MR) is 566 cm³/mol. The topological polar surface area (TPSA) is 342 Å². The van der Waals surface area contributed by atoms with E-state index >= 15 is 0 Å². The Hall–Kier alpha value is -4.86. The molecule has 32 heteroatoms. The smallest absolute Gasteiger partial charge is 0.373 e. The summed E-state index contributed by atoms with van der Waals surface area (Å²) in [4.78, 5) is 46.5. The van der Waals surface area contributed by atoms with Crippen LogP contribution in [0.2, 0.25) is 54.4 Å². The zero-order valence-corrected chi connectivity index (χ0v) is 96.6. The Morgan fingerprint density at radius 1 is 0.507 bits per heavy atom. The summed E-state index contributed by atoms with van der Waals surface area (Å²) < 4.78 is 143. The number of aliphatic hydroxyl groups excluding tert-OH is 2. The van der Waals surface area contributed by atoms with E-state index in [1.165, 1.54) is 16.7 Å². The van der Waals surface area contributed by atoms with E-state index in [2.05, 4.69) is 238 Å². The highest BCUT2D eigenvalue weighted by molar-refractivity contribution is 7.52. The maximum Gasteiger partial charge on any atom is 0.373 e. The number of ether oxygens (including phenoxy) is 13. The highest BCUT2D eigenvalue weighted by Gasteiger charge is 2.69. The van der Waals surface area contributed by atoms with Crippen molar-refractivity contribution in [3.05, 3.63) is 133 Å². The predicted octanol–water partition coefficient (Wildman–Crippen LogP) is 20.5. The molecule has 0 amide bonds. The first kappa shape index (κ1) is 123. The number of ketones is 1. The van der Waals surface area contributed by atoms with Crippen LogP contribution in [0.5, 0.6) is 0 Å². The van der Waals surface area contributed by atoms with Crippen LogP contribution in [0.1, 0.15) is 277 Å². The molecule has 14 aliphatic heterocycles. The van der Waals surface area contributed by atoms with Gasteiger partial charge < -0.3 is 85.1 Å². The van der Waals surface area contributed by atoms with E-state index in [-0.39, 0.29) is 210 Å². The van der Waals surface area contributed by atoms with Gasteiger partial charge in [0.2, 0.25) is 0 Å². The van der Waals surface area contributed by atoms with Crippen molar-refractivity contribution in [1.29, 1.82) is 0 Å². The molecule has 822 valence electrons. The van der Waals surface area contributed by atoms with Gasteiger partial charge in [-0.25, -0.2) is 0 Å². The zero-order valence-electron chi connectivity index (χ0n) is 92.0. The highest BCUT2D eigenvalue weighted by Crippen LogP contribution is 2.56. The molecule has 27 nitrogen and oxygen atoms in total. The minimum Gasteiger partial charge on any atom is -0.417 e. The number of hydrogen-bond acceptors (Lipinski definition) is 27. The van der Waals surface area contributed by atoms with E-state index < -0.39 is 66.1 Å². The Bertz CT molecular complexity index is 4600. The number of rotatable bonds is 37. The fourth-order valence-electron chi connectivity index (χ4n) is 23.8. The van der Waals surface area contributed by atoms with E-state index in [1.54, 1.807) is 6.08 Å². The molecule has 36 atom stereocenters. The molecule has 0 aliphatic carbocycles. The first-order valence-corrected chi connectivity index (χ1v) is 64.6. The number of carbonyl (C=O) groups is 1. The van der Waals surface area contributed by atoms with Crippen LogP contribution in [0.15, 0.2) is 121 Å². The summed E-state index contributed by atoms with van der Waals surface area (Å²) in [6.07, 6.45) is 23.6. The lowest BCUT2D eigenvalue weighted by Gasteiger charge is -2.54. The van der Waals surface area contributed by atoms with Crippen LogP contribution < -0.4 is 0 Å². The summed E-state index contributed by atoms with van der Waals surface area (Å²) in [6.45, 7) is 71.5. The summed E-state index contributed by atoms with van der Waals surface area (Å²) in [5.74, 6) is 1.88. The Morgan fingerprint density at radius 3 is 1.42 bits per heavy atom. The third-order valence-electron chi connectivity index (χ3n) is 35.7. The molecule has 6 bridgehead atoms. The van der Waals surface area contributed by atoms with Crippen molar-refractivity contribution in [2.45, 2.75) is 503 Å². The van der Waals surface area contributed by atoms with Crippen LogP contribution in [0.4, 0.5) is 0 Å². The van der Waals surface area contributed by atoms with Gasteiger partial charge in [0.25, 0.3) is 0 Å². The van der Waals surface area contributed by atoms with Gasteiger partial charge in [-0.3, -0.25) is 4.79 Å². The Labute approximate surface area is 882 Å². The standard InChI is InChI=1S/C66H114O9Si3.C46H66O10.2CO2.2O2S/c1-23-51-32-36-56-61(71-51)48(7)62(75-78(21,22)66(14,15)16)63(73-56)57(74-77(19,20)65(11,12)13)34-30-50(67)29-31-52-39-45(4)55(69-52)35-33-53-38-44(3)46(5)59(70-53)41-60-54(40-49-27-25-24-26-28-49)47(6)58(72-60)37-43(2)42-68-76(17,18)64(8,9)10;1-6-31-12-15-36-41(51-31)45-44-43(53-36)42-40(54-44)23-46(55-42,56-45)17-16-33-19-26(3)35(49-33)14-13-32-18-25(2)27(4)38(50-32)22-39-34(20-29-10-8-7-9-11-29)28(5)37(52-39)21-30(48)24-47;2*2-1-3;2*1-3-2/h24-28,30,34,43-44,47-48,51-63H,4-5,23,29,31-33,35-42H2,1-3,6-22H3;7-11,25,28,30-45,47-48H,3-4,6,12-24H2,1-2,5H3;;;;/b34-30+;;;;;/t43-,44+,47+,48-,51-,52?,53?,54+,55-,56-,57-,58+,59+,60?,61+,62-,63-;25-,28-,30+,31+,32?,33?,34-,35+,36+,37-,38-,39?,40-,41+,42+,43+,44-,45+,46+;;;;/m01..../s1. The SMILES string of the molecule is C=C1CC(CCC(=O)/C=C/[C@H](O[Si](C)(C)C(C)(C)C)[C@@H]2O[C@H]3CC[C@H](CC)O[C@@H]3[C@H](C)[C@@H]2O[Si](C)(C)C(C)(C)C)O[C@H]1CCC1C[C@@H](C)C(=C)[C@@H](CC2O[C@H](C[C@H](C)CO[Si](C)(C)C(C)(C)C)[C@H](C)[C@H]2Cc2ccccc2)O1.C=C1CC(CC[C@@]23C[C@H]4O[C@H]5[C@@H](O2)[C@H]2O[C@@H](CC)CC[C@@H]2O[C@H]5[C@H]4O3)O[C@H]1CCC1C[C@@H](C)C(=C)[C@@H](CC2O[C@H](C[C@H](O)CO)[C@H](C)[C@H]2Cc2ccccc2)O1.O=C=O.O=C=O.O=S=O.O=S=O. The molecule has 6 unspecified atom stereocenters. The molecule has 0 aromatic heterocycles. The molecule has 2 N–H and O–H groups in total. The lowest BCUT2D eigenvalue weighted by molar-refractivity contribution is -0.292. The van der Waals surface area contributed by atoms with Gasteiger partial charge in [-0.05, 0) is 257 Å². The van der Waals surface area contributed by atoms with Gasteiger partial charge in [-0.1, -0.05) is 211 Å². The first-order valence-electron chi connectivity index (χ1n) is 54.5. The Balaban J connectivity index is 0.000000280. The molecule has 14 heterocycles. The number of aliphatic hydroxyl groups is 2. The third kappa shape index (κ3) is 32.2. The van der Waals surface area contributed by atoms with E-state index in [4.69, 9.17) is 111 Å². The van der Waals surface area contributed by atoms with Crippen LogP contribution in [0, 0.1) is 47.3 Å². The van der Waals surface area contributed by atoms with Gasteiger partial charge in [0.1, 0.15) is 36.6 Å². The molecule has 0 spiro atoms. The van der Waals surface area contributed by atoms with Crippen molar-refractivity contribution >= 4 is 66.2 Å². The fraction of sp³-hybridized carbons (Fsp3) is 0.781. The zero-order chi connectivity index (χ0) is 107. The summed E-state index contributed by atoms with van der Waals surface area (Å²) in [7, 11) is -6.43. The van der Waals surface area contributed by atoms with Crippen LogP contribution in [0.25, 0.3) is 0 Å². The lowest BCUT2D eigenvalue weighted by Crippen LogP contribution is -2.64. The maximum atomic E-state index is 14.0. The highest BCUT2D eigenvalue weighted by atomic mass is 32.1. The molecular formula is C114H180O27S2Si3. The van der Waals surface area contributed by atoms with Crippen molar-refractivity contribution in [2.75, 3.05) is 13.2 Å². The lowest BCUT2D eigenvalue weighted by atomic mass is 9.78. The monoisotopic (exact) mass is 2130 g/mol. The van der Waals surface area contributed by atoms with Gasteiger partial charge in [-0.15, -0.1) is 0 Å². The van der Waals surface area contributed by atoms with E-state index in [0.717, 1.165) is 165 Å². The molecule has 14 fully saturated rings. The first-order chi connectivity index (χ1) is 68.9. The third-order valence-corrected chi connectivity index (χ3v) is 49.1. The van der Waals surface area contributed by atoms with Crippen molar-refractivity contribution in [2.24, 2.45) is 47.3 Å². The summed E-state index contributed by atoms with van der Waals surface area (Å²) in [5.41, 5.74) is 7.26. The second-order valence-electron chi connectivity index (χ2n) is 49.0. The molecule has 14 saturated heterocycles. The Morgan fingerprint density at radius 2 is 0.945 bits per heavy atom. The molecule has 0 saturated carbocycles. The molecule has 16 rings (SSSR count). The maximum absolute atomic E-state index is 14.0. The normalized spacial score (nSPS) is 36.4. The van der Waals surface area contributed by atoms with E-state index in [1.807, 2.05) is 12.1 Å². The number of benzene rings is 2. The van der Waals surface area contributed by atoms with Crippen LogP contribution in [-0.2, 0) is 135 Å². The van der Waals surface area contributed by atoms with E-state index in [9.17, 15) is 15.0 Å². The molecule has 2 aromatic rings. The molecule has 0 radical (unpaired) electrons. The Kier molecular flexibility index (Phi) is 46.3. The average Bonchev–Trinajstić information content (AvgIpc) is 1.54. The molecule has 146 heavy (non-hydrogen) atoms. The summed E-state index contributed by atoms with van der Waals surface area (Å²) in [6, 6.07) is 21.5. The van der Waals surface area contributed by atoms with Gasteiger partial charge >= 0.3 is 35.4 Å². The summed E-state index contributed by atoms with van der Waals surface area (Å²) in [5, 5.41) is 20.1. The molecule has 2 aromatic carbocycles. The fourth-order valence-corrected chi connectivity index (χ4v) is 27.5. The largest absolute Gasteiger partial charge is 0.417 e. The number of fused-ring (bicyclic) bond motifs is 2. The second kappa shape index (κ2) is 55.0. The van der Waals surface area contributed by atoms with Crippen LogP contribution >= 0.6 is 0 Å². The van der Waals surface area contributed by atoms with Gasteiger partial charge in [0.05, 0.1) is 135 Å². The summed E-state index contributed by atoms with van der Waals surface area (Å²) >= 11 is -1.50. The van der Waals surface area contributed by atoms with Crippen molar-refractivity contribution < 1.29 is 126 Å². The molecule has 14 aliphatic rings. The van der Waals surface area contributed by atoms with E-state index in [0.29, 0.717) is 48.9 Å². The minimum atomic E-state index is -2.33. The van der Waals surface area contributed by atoms with Gasteiger partial charge in [0, 0.05) is 51.0 Å². The van der Waals surface area contributed by atoms with Crippen molar-refractivity contribution in [3.63, 3.8) is 0 Å². The second-order valence-corrected chi connectivity index (χ2v) is 63.6. The average molecular weight is 2130 g/mol.